The van der Waals surface area contributed by atoms with Crippen LogP contribution in [0, 0.1) is 13.8 Å². The van der Waals surface area contributed by atoms with E-state index in [0.29, 0.717) is 15.2 Å². The Labute approximate surface area is 231 Å². The minimum atomic E-state index is -0.188. The number of aromatic nitrogens is 2. The van der Waals surface area contributed by atoms with E-state index in [4.69, 9.17) is 35.4 Å². The Bertz CT molecular complexity index is 1490. The highest BCUT2D eigenvalue weighted by atomic mass is 35.5. The summed E-state index contributed by atoms with van der Waals surface area (Å²) in [6, 6.07) is 21.0. The van der Waals surface area contributed by atoms with E-state index >= 15 is 0 Å². The number of rotatable bonds is 5. The third kappa shape index (κ3) is 4.70. The Morgan fingerprint density at radius 3 is 2.49 bits per heavy atom. The van der Waals surface area contributed by atoms with Crippen LogP contribution in [0.1, 0.15) is 41.7 Å². The molecule has 1 amide bonds. The van der Waals surface area contributed by atoms with E-state index < -0.39 is 0 Å². The second-order valence-corrected chi connectivity index (χ2v) is 10.1. The van der Waals surface area contributed by atoms with Crippen LogP contribution in [0.4, 0.5) is 11.4 Å². The van der Waals surface area contributed by atoms with Gasteiger partial charge in [0.2, 0.25) is 5.91 Å². The van der Waals surface area contributed by atoms with Crippen molar-refractivity contribution < 1.29 is 4.79 Å². The number of nitrogens with zero attached hydrogens (tertiary/aromatic N) is 3. The summed E-state index contributed by atoms with van der Waals surface area (Å²) in [6.45, 7) is 5.62. The predicted molar refractivity (Wildman–Crippen MR) is 154 cm³/mol. The molecule has 6 nitrogen and oxygen atoms in total. The molecule has 0 radical (unpaired) electrons. The third-order valence-corrected chi connectivity index (χ3v) is 7.65. The van der Waals surface area contributed by atoms with Gasteiger partial charge in [-0.1, -0.05) is 35.3 Å². The normalized spacial score (nSPS) is 17.1. The first kappa shape index (κ1) is 25.3. The maximum atomic E-state index is 11.5. The zero-order valence-electron chi connectivity index (χ0n) is 20.5. The lowest BCUT2D eigenvalue weighted by Gasteiger charge is -2.28. The minimum Gasteiger partial charge on any atom is -0.351 e. The van der Waals surface area contributed by atoms with E-state index in [2.05, 4.69) is 45.0 Å². The van der Waals surface area contributed by atoms with E-state index in [1.165, 1.54) is 6.92 Å². The number of carbonyl (C=O) groups is 1. The molecule has 5 rings (SSSR count). The fourth-order valence-electron chi connectivity index (χ4n) is 4.98. The minimum absolute atomic E-state index is 0.119. The number of hydrogen-bond acceptors (Lipinski definition) is 3. The topological polar surface area (TPSA) is 62.2 Å². The summed E-state index contributed by atoms with van der Waals surface area (Å²) < 4.78 is 2.12. The van der Waals surface area contributed by atoms with Crippen LogP contribution in [0.5, 0.6) is 0 Å². The number of halogens is 2. The number of benzene rings is 2. The van der Waals surface area contributed by atoms with Crippen LogP contribution in [0.2, 0.25) is 10.0 Å². The highest BCUT2D eigenvalue weighted by molar-refractivity contribution is 7.80. The average molecular weight is 551 g/mol. The molecule has 0 bridgehead atoms. The third-order valence-electron chi connectivity index (χ3n) is 6.52. The van der Waals surface area contributed by atoms with Crippen LogP contribution >= 0.6 is 35.4 Å². The SMILES string of the molecule is CC(=O)Nc1ccc(N2C(=S)NC(c3ccccn3)C2c2cc(C)n(-c3cccc(Cl)c3Cl)c2C)cc1. The Balaban J connectivity index is 1.65. The summed E-state index contributed by atoms with van der Waals surface area (Å²) in [4.78, 5) is 18.3. The lowest BCUT2D eigenvalue weighted by atomic mass is 9.96. The summed E-state index contributed by atoms with van der Waals surface area (Å²) in [7, 11) is 0. The molecule has 1 aliphatic rings. The highest BCUT2D eigenvalue weighted by Crippen LogP contribution is 2.44. The summed E-state index contributed by atoms with van der Waals surface area (Å²) in [5.74, 6) is -0.119. The van der Waals surface area contributed by atoms with E-state index in [-0.39, 0.29) is 18.0 Å². The summed E-state index contributed by atoms with van der Waals surface area (Å²) in [5, 5.41) is 7.92. The molecule has 2 aromatic carbocycles. The summed E-state index contributed by atoms with van der Waals surface area (Å²) in [6.07, 6.45) is 1.79. The fourth-order valence-corrected chi connectivity index (χ4v) is 5.71. The largest absolute Gasteiger partial charge is 0.351 e. The van der Waals surface area contributed by atoms with Gasteiger partial charge in [0.1, 0.15) is 0 Å². The molecule has 0 spiro atoms. The van der Waals surface area contributed by atoms with Crippen molar-refractivity contribution in [3.8, 4) is 5.69 Å². The number of pyridine rings is 1. The quantitative estimate of drug-likeness (QED) is 0.264. The Hall–Kier alpha value is -3.39. The smallest absolute Gasteiger partial charge is 0.221 e. The number of amides is 1. The van der Waals surface area contributed by atoms with Crippen LogP contribution in [-0.4, -0.2) is 20.6 Å². The second kappa shape index (κ2) is 10.2. The number of hydrogen-bond donors (Lipinski definition) is 2. The Morgan fingerprint density at radius 1 is 1.05 bits per heavy atom. The number of anilines is 2. The van der Waals surface area contributed by atoms with Gasteiger partial charge in [-0.2, -0.15) is 0 Å². The molecule has 2 aromatic heterocycles. The van der Waals surface area contributed by atoms with Crippen molar-refractivity contribution in [3.63, 3.8) is 0 Å². The molecule has 2 unspecified atom stereocenters. The Morgan fingerprint density at radius 2 is 1.81 bits per heavy atom. The van der Waals surface area contributed by atoms with Gasteiger partial charge in [0.25, 0.3) is 0 Å². The first-order valence-electron chi connectivity index (χ1n) is 11.8. The van der Waals surface area contributed by atoms with Crippen LogP contribution < -0.4 is 15.5 Å². The first-order chi connectivity index (χ1) is 17.8. The molecule has 37 heavy (non-hydrogen) atoms. The van der Waals surface area contributed by atoms with Gasteiger partial charge in [-0.25, -0.2) is 0 Å². The number of thiocarbonyl (C=S) groups is 1. The zero-order valence-corrected chi connectivity index (χ0v) is 22.8. The van der Waals surface area contributed by atoms with Gasteiger partial charge in [-0.15, -0.1) is 0 Å². The van der Waals surface area contributed by atoms with E-state index in [1.807, 2.05) is 54.6 Å². The van der Waals surface area contributed by atoms with Crippen molar-refractivity contribution in [3.05, 3.63) is 106 Å². The molecule has 2 N–H and O–H groups in total. The number of carbonyl (C=O) groups excluding carboxylic acids is 1. The van der Waals surface area contributed by atoms with Gasteiger partial charge >= 0.3 is 0 Å². The maximum Gasteiger partial charge on any atom is 0.221 e. The van der Waals surface area contributed by atoms with Gasteiger partial charge in [0, 0.05) is 35.9 Å². The van der Waals surface area contributed by atoms with E-state index in [0.717, 1.165) is 39.7 Å². The average Bonchev–Trinajstić information content (AvgIpc) is 3.37. The van der Waals surface area contributed by atoms with Crippen molar-refractivity contribution >= 4 is 57.8 Å². The molecule has 3 heterocycles. The molecule has 2 atom stereocenters. The number of nitrogens with one attached hydrogen (secondary N) is 2. The molecular weight excluding hydrogens is 525 g/mol. The van der Waals surface area contributed by atoms with E-state index in [9.17, 15) is 4.79 Å². The lowest BCUT2D eigenvalue weighted by Crippen LogP contribution is -2.29. The molecule has 188 valence electrons. The fraction of sp³-hybridized carbons (Fsp3) is 0.179. The van der Waals surface area contributed by atoms with Gasteiger partial charge in [0.05, 0.1) is 33.5 Å². The zero-order chi connectivity index (χ0) is 26.3. The van der Waals surface area contributed by atoms with E-state index in [1.54, 1.807) is 12.3 Å². The molecule has 1 saturated heterocycles. The molecule has 0 saturated carbocycles. The van der Waals surface area contributed by atoms with Crippen LogP contribution in [0.3, 0.4) is 0 Å². The van der Waals surface area contributed by atoms with Crippen molar-refractivity contribution in [1.82, 2.24) is 14.9 Å². The summed E-state index contributed by atoms with van der Waals surface area (Å²) in [5.41, 5.74) is 6.47. The van der Waals surface area contributed by atoms with Gasteiger partial charge in [-0.3, -0.25) is 9.78 Å². The highest BCUT2D eigenvalue weighted by Gasteiger charge is 2.42. The second-order valence-electron chi connectivity index (χ2n) is 8.96. The molecule has 0 aliphatic carbocycles. The summed E-state index contributed by atoms with van der Waals surface area (Å²) >= 11 is 18.9. The van der Waals surface area contributed by atoms with Crippen molar-refractivity contribution in [2.45, 2.75) is 32.9 Å². The monoisotopic (exact) mass is 549 g/mol. The number of aryl methyl sites for hydroxylation is 1. The molecule has 4 aromatic rings. The molecular formula is C28H25Cl2N5OS. The van der Waals surface area contributed by atoms with Gasteiger partial charge in [0.15, 0.2) is 5.11 Å². The van der Waals surface area contributed by atoms with Crippen LogP contribution in [0.15, 0.2) is 72.9 Å². The van der Waals surface area contributed by atoms with Crippen LogP contribution in [-0.2, 0) is 4.79 Å². The predicted octanol–water partition coefficient (Wildman–Crippen LogP) is 6.93. The van der Waals surface area contributed by atoms with Gasteiger partial charge < -0.3 is 20.1 Å². The Kier molecular flexibility index (Phi) is 6.94. The lowest BCUT2D eigenvalue weighted by molar-refractivity contribution is -0.114. The van der Waals surface area contributed by atoms with Gasteiger partial charge in [-0.05, 0) is 86.2 Å². The maximum absolute atomic E-state index is 11.5. The molecule has 1 aliphatic heterocycles. The van der Waals surface area contributed by atoms with Crippen molar-refractivity contribution in [2.24, 2.45) is 0 Å². The molecule has 1 fully saturated rings. The van der Waals surface area contributed by atoms with Crippen LogP contribution in [0.25, 0.3) is 5.69 Å². The standard InChI is InChI=1S/C28H25Cl2N5OS/c1-16-15-21(17(2)34(16)24-9-6-7-22(29)25(24)30)27-26(23-8-4-5-14-31-23)33-28(37)35(27)20-12-10-19(11-13-20)32-18(3)36/h4-15,26-27H,1-3H3,(H,32,36)(H,33,37). The van der Waals surface area contributed by atoms with Crippen molar-refractivity contribution in [1.29, 1.82) is 0 Å². The first-order valence-corrected chi connectivity index (χ1v) is 12.9. The van der Waals surface area contributed by atoms with Crippen molar-refractivity contribution in [2.75, 3.05) is 10.2 Å². The molecule has 9 heteroatoms.